The molecule has 0 aromatic heterocycles. The molecule has 5 atom stereocenters. The molecule has 0 bridgehead atoms. The van der Waals surface area contributed by atoms with E-state index in [9.17, 15) is 41.0 Å². The monoisotopic (exact) mass is 592 g/mol. The van der Waals surface area contributed by atoms with Crippen molar-refractivity contribution in [2.75, 3.05) is 0 Å². The first-order valence-electron chi connectivity index (χ1n) is 13.8. The zero-order valence-electron chi connectivity index (χ0n) is 23.7. The van der Waals surface area contributed by atoms with Crippen LogP contribution in [0.5, 0.6) is 0 Å². The van der Waals surface area contributed by atoms with E-state index in [2.05, 4.69) is 13.0 Å². The van der Waals surface area contributed by atoms with Crippen molar-refractivity contribution in [3.8, 4) is 0 Å². The van der Waals surface area contributed by atoms with Gasteiger partial charge >= 0.3 is 24.3 Å². The summed E-state index contributed by atoms with van der Waals surface area (Å²) in [6.07, 6.45) is -1.22. The highest BCUT2D eigenvalue weighted by Crippen LogP contribution is 2.57. The number of ether oxygens (including phenoxy) is 2. The Labute approximate surface area is 236 Å². The van der Waals surface area contributed by atoms with Gasteiger partial charge in [0.25, 0.3) is 5.60 Å². The van der Waals surface area contributed by atoms with Crippen LogP contribution in [0.2, 0.25) is 0 Å². The molecule has 0 heterocycles. The van der Waals surface area contributed by atoms with E-state index in [1.807, 2.05) is 12.2 Å². The fourth-order valence-corrected chi connectivity index (χ4v) is 6.67. The molecule has 3 rings (SSSR count). The minimum absolute atomic E-state index is 0.0826. The Kier molecular flexibility index (Phi) is 9.93. The Bertz CT molecular complexity index is 1080. The first kappa shape index (κ1) is 32.9. The second-order valence-electron chi connectivity index (χ2n) is 11.7. The van der Waals surface area contributed by atoms with Crippen LogP contribution in [0, 0.1) is 17.3 Å². The normalized spacial score (nSPS) is 30.3. The topological polar surface area (TPSA) is 72.8 Å². The third-order valence-electron chi connectivity index (χ3n) is 8.56. The standard InChI is InChI=1S/C30H38F6O5/c1-18(7-5-14-28(39,29(31,32)33)30(34,35)36)25-11-12-26-22(8-6-13-27(25,26)4)10-9-21-15-23(40-19(2)37)17-24(16-21)41-20(3)38/h5,9-11,14,18,23-24,26,39H,6-8,12-13,15-17H2,1-4H3/t18?,23-,24?,26?,27-/m1/s1. The lowest BCUT2D eigenvalue weighted by atomic mass is 9.62. The van der Waals surface area contributed by atoms with Gasteiger partial charge in [-0.3, -0.25) is 9.59 Å². The van der Waals surface area contributed by atoms with Crippen molar-refractivity contribution < 1.29 is 50.5 Å². The summed E-state index contributed by atoms with van der Waals surface area (Å²) in [5, 5.41) is 9.41. The number of carbonyl (C=O) groups is 2. The van der Waals surface area contributed by atoms with Crippen molar-refractivity contribution in [2.45, 2.75) is 109 Å². The first-order valence-corrected chi connectivity index (χ1v) is 13.8. The van der Waals surface area contributed by atoms with Gasteiger partial charge in [0.05, 0.1) is 0 Å². The Balaban J connectivity index is 1.75. The smallest absolute Gasteiger partial charge is 0.429 e. The third-order valence-corrected chi connectivity index (χ3v) is 8.56. The maximum Gasteiger partial charge on any atom is 0.429 e. The zero-order chi connectivity index (χ0) is 30.8. The maximum atomic E-state index is 13.0. The molecule has 1 N–H and O–H groups in total. The van der Waals surface area contributed by atoms with Crippen LogP contribution in [-0.2, 0) is 19.1 Å². The number of carbonyl (C=O) groups excluding carboxylic acids is 2. The molecule has 41 heavy (non-hydrogen) atoms. The molecule has 0 aromatic carbocycles. The molecule has 3 aliphatic rings. The molecule has 0 saturated heterocycles. The molecule has 11 heteroatoms. The van der Waals surface area contributed by atoms with E-state index >= 15 is 0 Å². The molecule has 0 aromatic rings. The number of hydrogen-bond donors (Lipinski definition) is 1. The van der Waals surface area contributed by atoms with E-state index in [4.69, 9.17) is 9.47 Å². The molecule has 0 radical (unpaired) electrons. The summed E-state index contributed by atoms with van der Waals surface area (Å²) in [4.78, 5) is 23.0. The molecule has 230 valence electrons. The van der Waals surface area contributed by atoms with Gasteiger partial charge in [0.1, 0.15) is 12.2 Å². The van der Waals surface area contributed by atoms with Gasteiger partial charge in [0, 0.05) is 33.1 Å². The predicted molar refractivity (Wildman–Crippen MR) is 139 cm³/mol. The van der Waals surface area contributed by atoms with Crippen molar-refractivity contribution in [3.63, 3.8) is 0 Å². The van der Waals surface area contributed by atoms with E-state index < -0.39 is 42.1 Å². The van der Waals surface area contributed by atoms with Gasteiger partial charge in [-0.1, -0.05) is 54.9 Å². The van der Waals surface area contributed by atoms with Crippen molar-refractivity contribution in [1.29, 1.82) is 0 Å². The lowest BCUT2D eigenvalue weighted by Crippen LogP contribution is -2.55. The van der Waals surface area contributed by atoms with Crippen LogP contribution < -0.4 is 0 Å². The number of esters is 2. The second-order valence-corrected chi connectivity index (χ2v) is 11.7. The van der Waals surface area contributed by atoms with Crippen LogP contribution in [0.25, 0.3) is 0 Å². The van der Waals surface area contributed by atoms with Gasteiger partial charge in [-0.2, -0.15) is 26.3 Å². The van der Waals surface area contributed by atoms with E-state index in [1.165, 1.54) is 19.4 Å². The lowest BCUT2D eigenvalue weighted by Gasteiger charge is -2.42. The minimum atomic E-state index is -5.89. The summed E-state index contributed by atoms with van der Waals surface area (Å²) in [5.41, 5.74) is -2.02. The molecule has 2 saturated carbocycles. The fourth-order valence-electron chi connectivity index (χ4n) is 6.67. The Morgan fingerprint density at radius 1 is 1.05 bits per heavy atom. The van der Waals surface area contributed by atoms with Crippen LogP contribution in [0.15, 0.2) is 47.1 Å². The van der Waals surface area contributed by atoms with Crippen LogP contribution in [0.1, 0.15) is 79.1 Å². The highest BCUT2D eigenvalue weighted by Gasteiger charge is 2.68. The Morgan fingerprint density at radius 3 is 2.12 bits per heavy atom. The summed E-state index contributed by atoms with van der Waals surface area (Å²) in [6, 6.07) is 0. The summed E-state index contributed by atoms with van der Waals surface area (Å²) in [5.74, 6) is -1.01. The molecule has 0 amide bonds. The van der Waals surface area contributed by atoms with Crippen molar-refractivity contribution in [1.82, 2.24) is 0 Å². The average Bonchev–Trinajstić information content (AvgIpc) is 3.17. The highest BCUT2D eigenvalue weighted by molar-refractivity contribution is 5.67. The Morgan fingerprint density at radius 2 is 1.61 bits per heavy atom. The van der Waals surface area contributed by atoms with Crippen LogP contribution in [0.3, 0.4) is 0 Å². The molecular formula is C30H38F6O5. The van der Waals surface area contributed by atoms with Crippen molar-refractivity contribution in [3.05, 3.63) is 47.1 Å². The summed E-state index contributed by atoms with van der Waals surface area (Å²) in [6.45, 7) is 6.53. The van der Waals surface area contributed by atoms with Gasteiger partial charge in [-0.05, 0) is 55.4 Å². The van der Waals surface area contributed by atoms with Crippen molar-refractivity contribution in [2.24, 2.45) is 17.3 Å². The number of fused-ring (bicyclic) bond motifs is 1. The number of rotatable bonds is 7. The number of alkyl halides is 6. The van der Waals surface area contributed by atoms with Crippen molar-refractivity contribution >= 4 is 11.9 Å². The lowest BCUT2D eigenvalue weighted by molar-refractivity contribution is -0.347. The maximum absolute atomic E-state index is 13.0. The van der Waals surface area contributed by atoms with Gasteiger partial charge in [-0.25, -0.2) is 0 Å². The summed E-state index contributed by atoms with van der Waals surface area (Å²) < 4.78 is 88.9. The quantitative estimate of drug-likeness (QED) is 0.189. The molecule has 3 unspecified atom stereocenters. The van der Waals surface area contributed by atoms with Crippen LogP contribution in [0.4, 0.5) is 26.3 Å². The van der Waals surface area contributed by atoms with E-state index in [0.29, 0.717) is 25.7 Å². The molecule has 0 aliphatic heterocycles. The first-order chi connectivity index (χ1) is 18.9. The third kappa shape index (κ3) is 7.45. The molecule has 5 nitrogen and oxygen atoms in total. The minimum Gasteiger partial charge on any atom is -0.462 e. The van der Waals surface area contributed by atoms with E-state index in [-0.39, 0.29) is 29.7 Å². The number of allylic oxidation sites excluding steroid dienone is 6. The molecule has 0 spiro atoms. The second kappa shape index (κ2) is 12.4. The number of hydrogen-bond acceptors (Lipinski definition) is 5. The molecule has 3 aliphatic carbocycles. The average molecular weight is 593 g/mol. The van der Waals surface area contributed by atoms with E-state index in [1.54, 1.807) is 6.92 Å². The fraction of sp³-hybridized carbons (Fsp3) is 0.667. The van der Waals surface area contributed by atoms with Gasteiger partial charge < -0.3 is 14.6 Å². The van der Waals surface area contributed by atoms with Gasteiger partial charge in [0.15, 0.2) is 0 Å². The van der Waals surface area contributed by atoms with Crippen LogP contribution >= 0.6 is 0 Å². The Hall–Kier alpha value is -2.56. The molecule has 2 fully saturated rings. The van der Waals surface area contributed by atoms with Crippen LogP contribution in [-0.4, -0.2) is 47.2 Å². The number of halogens is 6. The molecular weight excluding hydrogens is 554 g/mol. The van der Waals surface area contributed by atoms with E-state index in [0.717, 1.165) is 36.5 Å². The SMILES string of the molecule is CC(=O)OC1CC(=CC=C2CCC[C@]3(C)C(C(C)CC=CC(O)(C(F)(F)F)C(F)(F)F)=CCC23)C[C@@H](OC(C)=O)C1. The number of aliphatic hydroxyl groups is 1. The van der Waals surface area contributed by atoms with Gasteiger partial charge in [-0.15, -0.1) is 0 Å². The largest absolute Gasteiger partial charge is 0.462 e. The van der Waals surface area contributed by atoms with Gasteiger partial charge in [0.2, 0.25) is 0 Å². The summed E-state index contributed by atoms with van der Waals surface area (Å²) >= 11 is 0. The predicted octanol–water partition coefficient (Wildman–Crippen LogP) is 7.46. The summed E-state index contributed by atoms with van der Waals surface area (Å²) in [7, 11) is 0. The highest BCUT2D eigenvalue weighted by atomic mass is 19.4. The zero-order valence-corrected chi connectivity index (χ0v) is 23.7.